The molecule has 3 aromatic rings. The van der Waals surface area contributed by atoms with Gasteiger partial charge in [-0.15, -0.1) is 0 Å². The summed E-state index contributed by atoms with van der Waals surface area (Å²) < 4.78 is 2.22. The van der Waals surface area contributed by atoms with Gasteiger partial charge in [-0.3, -0.25) is 0 Å². The van der Waals surface area contributed by atoms with Crippen LogP contribution in [0, 0.1) is 0 Å². The summed E-state index contributed by atoms with van der Waals surface area (Å²) in [5.74, 6) is 0. The Morgan fingerprint density at radius 2 is 1.75 bits per heavy atom. The number of hydrogen-bond acceptors (Lipinski definition) is 0. The summed E-state index contributed by atoms with van der Waals surface area (Å²) in [6, 6.07) is 19.1. The molecular weight excluding hydrogens is 193 g/mol. The molecule has 0 aliphatic heterocycles. The lowest BCUT2D eigenvalue weighted by Crippen LogP contribution is -2.03. The molecule has 0 saturated heterocycles. The zero-order chi connectivity index (χ0) is 11.0. The fourth-order valence-corrected chi connectivity index (χ4v) is 2.09. The highest BCUT2D eigenvalue weighted by atomic mass is 15.0. The van der Waals surface area contributed by atoms with Crippen molar-refractivity contribution in [3.05, 3.63) is 60.8 Å². The van der Waals surface area contributed by atoms with Gasteiger partial charge in [0.25, 0.3) is 0 Å². The third kappa shape index (κ3) is 1.43. The smallest absolute Gasteiger partial charge is 0.139 e. The Morgan fingerprint density at radius 3 is 2.62 bits per heavy atom. The lowest BCUT2D eigenvalue weighted by atomic mass is 9.96. The summed E-state index contributed by atoms with van der Waals surface area (Å²) in [7, 11) is 2.12. The van der Waals surface area contributed by atoms with Crippen molar-refractivity contribution in [1.82, 2.24) is 4.57 Å². The van der Waals surface area contributed by atoms with Crippen molar-refractivity contribution in [2.75, 3.05) is 0 Å². The lowest BCUT2D eigenvalue weighted by molar-refractivity contribution is 1.13. The molecule has 3 rings (SSSR count). The second kappa shape index (κ2) is 3.56. The SMILES string of the molecule is Bc1cccc(-n2ccc3ccccc32)c1. The van der Waals surface area contributed by atoms with Crippen molar-refractivity contribution in [3.8, 4) is 5.69 Å². The van der Waals surface area contributed by atoms with Gasteiger partial charge in [0.2, 0.25) is 0 Å². The molecule has 0 aliphatic carbocycles. The van der Waals surface area contributed by atoms with Gasteiger partial charge in [-0.1, -0.05) is 35.8 Å². The fourth-order valence-electron chi connectivity index (χ4n) is 2.09. The summed E-state index contributed by atoms with van der Waals surface area (Å²) >= 11 is 0. The molecule has 2 aromatic carbocycles. The maximum atomic E-state index is 2.22. The predicted molar refractivity (Wildman–Crippen MR) is 71.5 cm³/mol. The van der Waals surface area contributed by atoms with Crippen LogP contribution >= 0.6 is 0 Å². The van der Waals surface area contributed by atoms with Crippen molar-refractivity contribution in [2.45, 2.75) is 0 Å². The van der Waals surface area contributed by atoms with Crippen LogP contribution in [0.5, 0.6) is 0 Å². The molecule has 0 N–H and O–H groups in total. The van der Waals surface area contributed by atoms with E-state index in [0.717, 1.165) is 0 Å². The Morgan fingerprint density at radius 1 is 0.875 bits per heavy atom. The number of para-hydroxylation sites is 1. The zero-order valence-corrected chi connectivity index (χ0v) is 9.22. The third-order valence-electron chi connectivity index (χ3n) is 2.88. The first kappa shape index (κ1) is 9.28. The highest BCUT2D eigenvalue weighted by Crippen LogP contribution is 2.19. The Balaban J connectivity index is 2.26. The molecule has 1 heterocycles. The molecule has 0 fully saturated rings. The van der Waals surface area contributed by atoms with E-state index in [0.29, 0.717) is 0 Å². The second-order valence-corrected chi connectivity index (χ2v) is 4.08. The molecule has 0 radical (unpaired) electrons. The number of nitrogens with zero attached hydrogens (tertiary/aromatic N) is 1. The van der Waals surface area contributed by atoms with Crippen LogP contribution in [0.2, 0.25) is 0 Å². The first-order chi connectivity index (χ1) is 7.84. The molecule has 0 spiro atoms. The summed E-state index contributed by atoms with van der Waals surface area (Å²) in [5, 5.41) is 1.28. The molecule has 0 unspecified atom stereocenters. The largest absolute Gasteiger partial charge is 0.317 e. The van der Waals surface area contributed by atoms with E-state index < -0.39 is 0 Å². The van der Waals surface area contributed by atoms with Gasteiger partial charge in [-0.05, 0) is 29.7 Å². The number of aromatic nitrogens is 1. The molecule has 0 aliphatic rings. The number of rotatable bonds is 1. The highest BCUT2D eigenvalue weighted by Gasteiger charge is 2.01. The van der Waals surface area contributed by atoms with Gasteiger partial charge in [-0.2, -0.15) is 0 Å². The standard InChI is InChI=1S/C14H12BN/c15-12-5-3-6-13(10-12)16-9-8-11-4-1-2-7-14(11)16/h1-10H,15H2. The van der Waals surface area contributed by atoms with Gasteiger partial charge in [-0.25, -0.2) is 0 Å². The molecule has 2 heteroatoms. The minimum atomic E-state index is 1.22. The van der Waals surface area contributed by atoms with Crippen LogP contribution in [0.25, 0.3) is 16.6 Å². The molecule has 1 aromatic heterocycles. The average molecular weight is 205 g/mol. The monoisotopic (exact) mass is 205 g/mol. The Labute approximate surface area is 95.7 Å². The van der Waals surface area contributed by atoms with E-state index >= 15 is 0 Å². The average Bonchev–Trinajstić information content (AvgIpc) is 2.72. The van der Waals surface area contributed by atoms with Gasteiger partial charge < -0.3 is 4.57 Å². The Kier molecular flexibility index (Phi) is 2.07. The van der Waals surface area contributed by atoms with E-state index in [2.05, 4.69) is 73.2 Å². The number of hydrogen-bond donors (Lipinski definition) is 0. The second-order valence-electron chi connectivity index (χ2n) is 4.08. The van der Waals surface area contributed by atoms with Crippen LogP contribution in [0.4, 0.5) is 0 Å². The minimum absolute atomic E-state index is 1.22. The van der Waals surface area contributed by atoms with E-state index in [9.17, 15) is 0 Å². The van der Waals surface area contributed by atoms with Crippen LogP contribution in [0.15, 0.2) is 60.8 Å². The third-order valence-corrected chi connectivity index (χ3v) is 2.88. The van der Waals surface area contributed by atoms with Gasteiger partial charge >= 0.3 is 0 Å². The topological polar surface area (TPSA) is 4.93 Å². The van der Waals surface area contributed by atoms with E-state index in [1.54, 1.807) is 0 Å². The van der Waals surface area contributed by atoms with E-state index in [1.807, 2.05) is 0 Å². The zero-order valence-electron chi connectivity index (χ0n) is 9.22. The minimum Gasteiger partial charge on any atom is -0.317 e. The highest BCUT2D eigenvalue weighted by molar-refractivity contribution is 6.32. The maximum absolute atomic E-state index is 2.22. The van der Waals surface area contributed by atoms with Crippen LogP contribution in [-0.2, 0) is 0 Å². The molecule has 76 valence electrons. The van der Waals surface area contributed by atoms with Crippen LogP contribution < -0.4 is 5.46 Å². The van der Waals surface area contributed by atoms with Gasteiger partial charge in [0.15, 0.2) is 0 Å². The summed E-state index contributed by atoms with van der Waals surface area (Å²) in [6.45, 7) is 0. The van der Waals surface area contributed by atoms with E-state index in [1.165, 1.54) is 22.1 Å². The quantitative estimate of drug-likeness (QED) is 0.534. The summed E-state index contributed by atoms with van der Waals surface area (Å²) in [5.41, 5.74) is 3.77. The molecule has 0 saturated carbocycles. The predicted octanol–water partition coefficient (Wildman–Crippen LogP) is 1.89. The molecule has 0 atom stereocenters. The van der Waals surface area contributed by atoms with Gasteiger partial charge in [0.1, 0.15) is 7.85 Å². The fraction of sp³-hybridized carbons (Fsp3) is 0. The van der Waals surface area contributed by atoms with Gasteiger partial charge in [0.05, 0.1) is 5.52 Å². The van der Waals surface area contributed by atoms with E-state index in [-0.39, 0.29) is 0 Å². The Bertz CT molecular complexity index is 640. The normalized spacial score (nSPS) is 10.8. The van der Waals surface area contributed by atoms with Crippen molar-refractivity contribution < 1.29 is 0 Å². The molecule has 1 nitrogen and oxygen atoms in total. The number of benzene rings is 2. The lowest BCUT2D eigenvalue weighted by Gasteiger charge is -2.06. The molecule has 0 amide bonds. The summed E-state index contributed by atoms with van der Waals surface area (Å²) in [4.78, 5) is 0. The van der Waals surface area contributed by atoms with Crippen LogP contribution in [-0.4, -0.2) is 12.4 Å². The first-order valence-electron chi connectivity index (χ1n) is 5.48. The number of fused-ring (bicyclic) bond motifs is 1. The van der Waals surface area contributed by atoms with Crippen molar-refractivity contribution in [3.63, 3.8) is 0 Å². The van der Waals surface area contributed by atoms with Crippen LogP contribution in [0.1, 0.15) is 0 Å². The first-order valence-corrected chi connectivity index (χ1v) is 5.48. The Hall–Kier alpha value is -1.96. The summed E-state index contributed by atoms with van der Waals surface area (Å²) in [6.07, 6.45) is 2.12. The maximum Gasteiger partial charge on any atom is 0.139 e. The van der Waals surface area contributed by atoms with Crippen molar-refractivity contribution in [2.24, 2.45) is 0 Å². The van der Waals surface area contributed by atoms with Crippen molar-refractivity contribution >= 4 is 24.2 Å². The van der Waals surface area contributed by atoms with Crippen LogP contribution in [0.3, 0.4) is 0 Å². The molecular formula is C14H12BN. The van der Waals surface area contributed by atoms with Crippen molar-refractivity contribution in [1.29, 1.82) is 0 Å². The molecule has 0 bridgehead atoms. The van der Waals surface area contributed by atoms with E-state index in [4.69, 9.17) is 0 Å². The molecule has 16 heavy (non-hydrogen) atoms. The van der Waals surface area contributed by atoms with Gasteiger partial charge in [0, 0.05) is 11.9 Å².